The number of piperidine rings is 1. The summed E-state index contributed by atoms with van der Waals surface area (Å²) in [7, 11) is 1.48. The second-order valence-corrected chi connectivity index (χ2v) is 9.81. The van der Waals surface area contributed by atoms with Crippen LogP contribution in [0.2, 0.25) is 0 Å². The molecule has 2 N–H and O–H groups in total. The largest absolute Gasteiger partial charge is 0.497 e. The van der Waals surface area contributed by atoms with Gasteiger partial charge in [0.25, 0.3) is 0 Å². The molecule has 0 amide bonds. The molecule has 0 atom stereocenters. The van der Waals surface area contributed by atoms with E-state index in [-0.39, 0.29) is 11.4 Å². The predicted octanol–water partition coefficient (Wildman–Crippen LogP) is 5.81. The number of fused-ring (bicyclic) bond motifs is 1. The summed E-state index contributed by atoms with van der Waals surface area (Å²) in [5.41, 5.74) is 9.21. The highest BCUT2D eigenvalue weighted by Crippen LogP contribution is 2.36. The van der Waals surface area contributed by atoms with E-state index in [2.05, 4.69) is 34.3 Å². The molecular formula is C30H28F2N6O. The number of hydrogen-bond donors (Lipinski definition) is 1. The van der Waals surface area contributed by atoms with Gasteiger partial charge in [-0.25, -0.2) is 18.4 Å². The van der Waals surface area contributed by atoms with Crippen LogP contribution in [0.5, 0.6) is 5.75 Å². The number of nitrogen functional groups attached to an aromatic ring is 1. The zero-order valence-electron chi connectivity index (χ0n) is 21.5. The lowest BCUT2D eigenvalue weighted by molar-refractivity contribution is 0.401. The van der Waals surface area contributed by atoms with E-state index in [0.29, 0.717) is 40.0 Å². The third kappa shape index (κ3) is 4.87. The van der Waals surface area contributed by atoms with Gasteiger partial charge in [-0.1, -0.05) is 36.4 Å². The summed E-state index contributed by atoms with van der Waals surface area (Å²) in [5, 5.41) is 5.01. The molecule has 0 radical (unpaired) electrons. The molecule has 0 aliphatic carbocycles. The van der Waals surface area contributed by atoms with E-state index in [1.165, 1.54) is 35.6 Å². The van der Waals surface area contributed by atoms with E-state index in [1.807, 2.05) is 6.07 Å². The van der Waals surface area contributed by atoms with Gasteiger partial charge in [0.2, 0.25) is 5.95 Å². The molecule has 5 aromatic rings. The van der Waals surface area contributed by atoms with Crippen LogP contribution < -0.4 is 15.4 Å². The fourth-order valence-corrected chi connectivity index (χ4v) is 5.24. The Morgan fingerprint density at radius 3 is 2.46 bits per heavy atom. The predicted molar refractivity (Wildman–Crippen MR) is 148 cm³/mol. The smallest absolute Gasteiger partial charge is 0.228 e. The number of nitrogens with two attached hydrogens (primary N) is 1. The summed E-state index contributed by atoms with van der Waals surface area (Å²) >= 11 is 0. The number of aromatic nitrogens is 4. The van der Waals surface area contributed by atoms with E-state index in [9.17, 15) is 4.39 Å². The van der Waals surface area contributed by atoms with Crippen molar-refractivity contribution in [1.82, 2.24) is 19.7 Å². The second-order valence-electron chi connectivity index (χ2n) is 9.81. The van der Waals surface area contributed by atoms with Crippen molar-refractivity contribution in [2.24, 2.45) is 5.92 Å². The topological polar surface area (TPSA) is 82.1 Å². The van der Waals surface area contributed by atoms with Crippen LogP contribution in [-0.2, 0) is 6.42 Å². The lowest BCUT2D eigenvalue weighted by Crippen LogP contribution is -2.35. The zero-order valence-corrected chi connectivity index (χ0v) is 21.5. The van der Waals surface area contributed by atoms with Gasteiger partial charge in [-0.05, 0) is 61.1 Å². The number of rotatable bonds is 6. The van der Waals surface area contributed by atoms with Crippen LogP contribution in [0.1, 0.15) is 18.4 Å². The fraction of sp³-hybridized carbons (Fsp3) is 0.233. The maximum atomic E-state index is 15.3. The highest BCUT2D eigenvalue weighted by molar-refractivity contribution is 5.99. The van der Waals surface area contributed by atoms with Crippen molar-refractivity contribution in [2.75, 3.05) is 30.8 Å². The van der Waals surface area contributed by atoms with Crippen molar-refractivity contribution in [1.29, 1.82) is 0 Å². The van der Waals surface area contributed by atoms with E-state index in [4.69, 9.17) is 20.4 Å². The van der Waals surface area contributed by atoms with E-state index in [1.54, 1.807) is 24.3 Å². The molecule has 3 heterocycles. The van der Waals surface area contributed by atoms with Gasteiger partial charge < -0.3 is 15.4 Å². The van der Waals surface area contributed by atoms with Crippen LogP contribution in [0.15, 0.2) is 72.8 Å². The Kier molecular flexibility index (Phi) is 6.56. The SMILES string of the molecule is COc1ccc(-c2nc(N3CCC(Cc4ccccc4)CC3)nc3nn(-c4cccc(F)c4)c(N)c23)c(F)c1. The van der Waals surface area contributed by atoms with Gasteiger partial charge >= 0.3 is 0 Å². The molecule has 1 aliphatic rings. The number of ether oxygens (including phenoxy) is 1. The van der Waals surface area contributed by atoms with Crippen molar-refractivity contribution in [2.45, 2.75) is 19.3 Å². The summed E-state index contributed by atoms with van der Waals surface area (Å²) in [5.74, 6) is 0.709. The minimum Gasteiger partial charge on any atom is -0.497 e. The van der Waals surface area contributed by atoms with Crippen LogP contribution >= 0.6 is 0 Å². The monoisotopic (exact) mass is 526 g/mol. The lowest BCUT2D eigenvalue weighted by Gasteiger charge is -2.32. The summed E-state index contributed by atoms with van der Waals surface area (Å²) in [6, 6.07) is 21.1. The summed E-state index contributed by atoms with van der Waals surface area (Å²) in [6.45, 7) is 1.54. The van der Waals surface area contributed by atoms with Crippen LogP contribution in [0.4, 0.5) is 20.5 Å². The first-order chi connectivity index (χ1) is 19.0. The molecule has 3 aromatic carbocycles. The average Bonchev–Trinajstić information content (AvgIpc) is 3.30. The molecule has 1 aliphatic heterocycles. The van der Waals surface area contributed by atoms with E-state index < -0.39 is 11.6 Å². The lowest BCUT2D eigenvalue weighted by atomic mass is 9.90. The highest BCUT2D eigenvalue weighted by Gasteiger charge is 2.26. The third-order valence-electron chi connectivity index (χ3n) is 7.31. The van der Waals surface area contributed by atoms with Gasteiger partial charge in [0.1, 0.15) is 23.2 Å². The van der Waals surface area contributed by atoms with Crippen LogP contribution in [0, 0.1) is 17.6 Å². The molecule has 2 aromatic heterocycles. The number of hydrogen-bond acceptors (Lipinski definition) is 6. The molecule has 7 nitrogen and oxygen atoms in total. The molecule has 9 heteroatoms. The molecule has 1 saturated heterocycles. The molecule has 1 fully saturated rings. The van der Waals surface area contributed by atoms with Crippen molar-refractivity contribution in [3.63, 3.8) is 0 Å². The minimum absolute atomic E-state index is 0.203. The number of benzene rings is 3. The van der Waals surface area contributed by atoms with Gasteiger partial charge in [-0.3, -0.25) is 0 Å². The number of methoxy groups -OCH3 is 1. The summed E-state index contributed by atoms with van der Waals surface area (Å²) in [6.07, 6.45) is 3.01. The van der Waals surface area contributed by atoms with Gasteiger partial charge in [-0.15, -0.1) is 5.10 Å². The van der Waals surface area contributed by atoms with Crippen molar-refractivity contribution < 1.29 is 13.5 Å². The van der Waals surface area contributed by atoms with Crippen molar-refractivity contribution in [3.05, 3.63) is 90.0 Å². The van der Waals surface area contributed by atoms with Crippen molar-refractivity contribution in [3.8, 4) is 22.7 Å². The van der Waals surface area contributed by atoms with E-state index in [0.717, 1.165) is 32.4 Å². The molecule has 0 bridgehead atoms. The molecule has 39 heavy (non-hydrogen) atoms. The Hall–Kier alpha value is -4.53. The first kappa shape index (κ1) is 24.8. The molecule has 198 valence electrons. The van der Waals surface area contributed by atoms with E-state index >= 15 is 4.39 Å². The van der Waals surface area contributed by atoms with Gasteiger partial charge in [-0.2, -0.15) is 4.98 Å². The molecule has 0 saturated carbocycles. The average molecular weight is 527 g/mol. The van der Waals surface area contributed by atoms with Gasteiger partial charge in [0, 0.05) is 24.7 Å². The van der Waals surface area contributed by atoms with Crippen LogP contribution in [0.25, 0.3) is 28.0 Å². The standard InChI is InChI=1S/C30H28F2N6O/c1-39-23-10-11-24(25(32)18-23)27-26-28(33)38(22-9-5-8-21(31)17-22)36-29(26)35-30(34-27)37-14-12-20(13-15-37)16-19-6-3-2-4-7-19/h2-11,17-18,20H,12-16,33H2,1H3. The minimum atomic E-state index is -0.500. The Bertz CT molecular complexity index is 1630. The first-order valence-electron chi connectivity index (χ1n) is 12.9. The Morgan fingerprint density at radius 2 is 1.74 bits per heavy atom. The maximum absolute atomic E-state index is 15.3. The van der Waals surface area contributed by atoms with Crippen molar-refractivity contribution >= 4 is 22.8 Å². The third-order valence-corrected chi connectivity index (χ3v) is 7.31. The zero-order chi connectivity index (χ0) is 26.9. The molecule has 0 spiro atoms. The quantitative estimate of drug-likeness (QED) is 0.301. The summed E-state index contributed by atoms with van der Waals surface area (Å²) < 4.78 is 35.9. The number of anilines is 2. The maximum Gasteiger partial charge on any atom is 0.228 e. The fourth-order valence-electron chi connectivity index (χ4n) is 5.24. The Labute approximate surface area is 224 Å². The van der Waals surface area contributed by atoms with Gasteiger partial charge in [0.05, 0.1) is 23.9 Å². The molecule has 0 unspecified atom stereocenters. The Morgan fingerprint density at radius 1 is 0.949 bits per heavy atom. The van der Waals surface area contributed by atoms with Gasteiger partial charge in [0.15, 0.2) is 5.65 Å². The second kappa shape index (κ2) is 10.3. The normalized spacial score (nSPS) is 14.2. The molecule has 6 rings (SSSR count). The number of nitrogens with zero attached hydrogens (tertiary/aromatic N) is 5. The number of halogens is 2. The molecular weight excluding hydrogens is 498 g/mol. The first-order valence-corrected chi connectivity index (χ1v) is 12.9. The summed E-state index contributed by atoms with van der Waals surface area (Å²) in [4.78, 5) is 11.7. The Balaban J connectivity index is 1.40. The van der Waals surface area contributed by atoms with Crippen LogP contribution in [0.3, 0.4) is 0 Å². The van der Waals surface area contributed by atoms with Crippen LogP contribution in [-0.4, -0.2) is 39.9 Å². The highest BCUT2D eigenvalue weighted by atomic mass is 19.1.